The predicted octanol–water partition coefficient (Wildman–Crippen LogP) is 5.22. The van der Waals surface area contributed by atoms with Gasteiger partial charge in [0.25, 0.3) is 5.91 Å². The molecule has 2 atom stereocenters. The van der Waals surface area contributed by atoms with Crippen LogP contribution < -0.4 is 10.8 Å². The smallest absolute Gasteiger partial charge is 0.314 e. The average molecular weight is 460 g/mol. The first-order valence-electron chi connectivity index (χ1n) is 9.22. The number of thiophene rings is 1. The van der Waals surface area contributed by atoms with Gasteiger partial charge in [-0.1, -0.05) is 11.6 Å². The van der Waals surface area contributed by atoms with Crippen molar-refractivity contribution in [1.29, 1.82) is 0 Å². The topological polar surface area (TPSA) is 81.7 Å². The molecule has 1 aromatic heterocycles. The quantitative estimate of drug-likeness (QED) is 0.425. The third-order valence-corrected chi connectivity index (χ3v) is 6.95. The van der Waals surface area contributed by atoms with Crippen molar-refractivity contribution < 1.29 is 28.0 Å². The van der Waals surface area contributed by atoms with E-state index in [0.717, 1.165) is 35.4 Å². The number of rotatable bonds is 2. The van der Waals surface area contributed by atoms with E-state index in [1.165, 1.54) is 17.4 Å². The lowest BCUT2D eigenvalue weighted by Gasteiger charge is -2.45. The van der Waals surface area contributed by atoms with Crippen molar-refractivity contribution in [2.75, 3.05) is 5.32 Å². The zero-order valence-electron chi connectivity index (χ0n) is 15.4. The highest BCUT2D eigenvalue weighted by molar-refractivity contribution is 7.14. The first kappa shape index (κ1) is 21.0. The molecule has 3 N–H and O–H groups in total. The van der Waals surface area contributed by atoms with Crippen LogP contribution in [0.2, 0.25) is 5.02 Å². The lowest BCUT2D eigenvalue weighted by Crippen LogP contribution is -2.51. The van der Waals surface area contributed by atoms with Gasteiger partial charge < -0.3 is 10.2 Å². The van der Waals surface area contributed by atoms with Crippen molar-refractivity contribution in [3.8, 4) is 0 Å². The number of hydrogen-bond acceptors (Lipinski definition) is 4. The van der Waals surface area contributed by atoms with Crippen molar-refractivity contribution in [2.24, 2.45) is 0 Å². The Morgan fingerprint density at radius 3 is 2.70 bits per heavy atom. The molecule has 4 rings (SSSR count). The van der Waals surface area contributed by atoms with Gasteiger partial charge in [-0.3, -0.25) is 10.0 Å². The van der Waals surface area contributed by atoms with Crippen molar-refractivity contribution in [3.63, 3.8) is 0 Å². The minimum absolute atomic E-state index is 0.00580. The average Bonchev–Trinajstić information content (AvgIpc) is 3.11. The maximum Gasteiger partial charge on any atom is 0.417 e. The number of nitrogens with zero attached hydrogens (tertiary/aromatic N) is 1. The van der Waals surface area contributed by atoms with Gasteiger partial charge in [0, 0.05) is 23.0 Å². The van der Waals surface area contributed by atoms with E-state index in [9.17, 15) is 22.8 Å². The predicted molar refractivity (Wildman–Crippen MR) is 105 cm³/mol. The maximum absolute atomic E-state index is 13.1. The number of nitrogens with one attached hydrogen (secondary N) is 2. The monoisotopic (exact) mass is 459 g/mol. The molecule has 3 amide bonds. The highest BCUT2D eigenvalue weighted by Gasteiger charge is 2.42. The Morgan fingerprint density at radius 1 is 1.23 bits per heavy atom. The fourth-order valence-electron chi connectivity index (χ4n) is 4.17. The van der Waals surface area contributed by atoms with E-state index >= 15 is 0 Å². The van der Waals surface area contributed by atoms with Crippen LogP contribution in [0.25, 0.3) is 0 Å². The molecule has 3 heterocycles. The highest BCUT2D eigenvalue weighted by Crippen LogP contribution is 2.45. The van der Waals surface area contributed by atoms with E-state index < -0.39 is 28.7 Å². The number of alkyl halides is 3. The minimum Gasteiger partial charge on any atom is -0.314 e. The molecule has 2 unspecified atom stereocenters. The van der Waals surface area contributed by atoms with Crippen LogP contribution in [0.3, 0.4) is 0 Å². The molecular weight excluding hydrogens is 443 g/mol. The molecular formula is C19H17ClF3N3O3S. The van der Waals surface area contributed by atoms with Crippen LogP contribution in [-0.4, -0.2) is 28.1 Å². The molecule has 2 bridgehead atoms. The number of hydrogen-bond donors (Lipinski definition) is 3. The molecule has 0 radical (unpaired) electrons. The van der Waals surface area contributed by atoms with Gasteiger partial charge in [-0.25, -0.2) is 10.3 Å². The van der Waals surface area contributed by atoms with Crippen molar-refractivity contribution in [2.45, 2.75) is 43.9 Å². The molecule has 0 aliphatic carbocycles. The number of piperidine rings is 1. The van der Waals surface area contributed by atoms with Crippen LogP contribution in [0, 0.1) is 0 Å². The summed E-state index contributed by atoms with van der Waals surface area (Å²) in [5.41, 5.74) is 1.45. The Kier molecular flexibility index (Phi) is 5.41. The van der Waals surface area contributed by atoms with Crippen LogP contribution in [0.15, 0.2) is 24.3 Å². The number of benzene rings is 1. The summed E-state index contributed by atoms with van der Waals surface area (Å²) in [5, 5.41) is 11.0. The fraction of sp³-hybridized carbons (Fsp3) is 0.368. The molecule has 1 aromatic carbocycles. The van der Waals surface area contributed by atoms with Crippen LogP contribution in [-0.2, 0) is 12.6 Å². The van der Waals surface area contributed by atoms with E-state index in [4.69, 9.17) is 16.8 Å². The molecule has 2 aromatic rings. The number of carbonyl (C=O) groups excluding carboxylic acids is 2. The van der Waals surface area contributed by atoms with Crippen LogP contribution in [0.1, 0.15) is 51.0 Å². The summed E-state index contributed by atoms with van der Waals surface area (Å²) in [7, 11) is 0. The van der Waals surface area contributed by atoms with Gasteiger partial charge in [0.1, 0.15) is 0 Å². The van der Waals surface area contributed by atoms with Gasteiger partial charge in [0.15, 0.2) is 0 Å². The van der Waals surface area contributed by atoms with Gasteiger partial charge in [0.2, 0.25) is 0 Å². The number of amides is 3. The van der Waals surface area contributed by atoms with E-state index in [-0.39, 0.29) is 17.8 Å². The second-order valence-electron chi connectivity index (χ2n) is 7.26. The Balaban J connectivity index is 1.61. The molecule has 0 saturated carbocycles. The second kappa shape index (κ2) is 7.75. The highest BCUT2D eigenvalue weighted by atomic mass is 35.5. The maximum atomic E-state index is 13.1. The number of urea groups is 1. The molecule has 0 spiro atoms. The number of fused-ring (bicyclic) bond motifs is 4. The molecule has 2 aliphatic rings. The first-order chi connectivity index (χ1) is 14.2. The van der Waals surface area contributed by atoms with Crippen LogP contribution >= 0.6 is 22.9 Å². The van der Waals surface area contributed by atoms with Crippen LogP contribution in [0.5, 0.6) is 0 Å². The number of hydroxylamine groups is 1. The van der Waals surface area contributed by atoms with Crippen molar-refractivity contribution in [3.05, 3.63) is 50.2 Å². The first-order valence-corrected chi connectivity index (χ1v) is 10.4. The lowest BCUT2D eigenvalue weighted by molar-refractivity contribution is -0.137. The van der Waals surface area contributed by atoms with Gasteiger partial charge in [0.05, 0.1) is 21.5 Å². The molecule has 1 saturated heterocycles. The van der Waals surface area contributed by atoms with Gasteiger partial charge in [-0.15, -0.1) is 11.3 Å². The third-order valence-electron chi connectivity index (χ3n) is 5.45. The third kappa shape index (κ3) is 3.75. The molecule has 30 heavy (non-hydrogen) atoms. The molecule has 1 fully saturated rings. The summed E-state index contributed by atoms with van der Waals surface area (Å²) < 4.78 is 39.3. The zero-order valence-corrected chi connectivity index (χ0v) is 17.0. The minimum atomic E-state index is -4.63. The molecule has 11 heteroatoms. The SMILES string of the molecule is O=C(NO)c1cc2c(s1)CC1CCCC2N1C(=O)Nc1ccc(Cl)c(C(F)(F)F)c1. The normalized spacial score (nSPS) is 20.5. The summed E-state index contributed by atoms with van der Waals surface area (Å²) in [6.07, 6.45) is -1.74. The van der Waals surface area contributed by atoms with Gasteiger partial charge in [-0.2, -0.15) is 13.2 Å². The summed E-state index contributed by atoms with van der Waals surface area (Å²) in [4.78, 5) is 27.8. The Bertz CT molecular complexity index is 1010. The lowest BCUT2D eigenvalue weighted by atomic mass is 9.84. The summed E-state index contributed by atoms with van der Waals surface area (Å²) in [6, 6.07) is 4.03. The summed E-state index contributed by atoms with van der Waals surface area (Å²) >= 11 is 6.93. The van der Waals surface area contributed by atoms with E-state index in [2.05, 4.69) is 5.32 Å². The van der Waals surface area contributed by atoms with E-state index in [1.807, 2.05) is 0 Å². The molecule has 2 aliphatic heterocycles. The standard InChI is InChI=1S/C19H17ClF3N3O3S/c20-13-5-4-9(6-12(13)19(21,22)23)24-18(28)26-10-2-1-3-14(26)11-8-16(17(27)25-29)30-15(11)7-10/h4-6,8,10,14,29H,1-3,7H2,(H,24,28)(H,25,27). The van der Waals surface area contributed by atoms with Gasteiger partial charge >= 0.3 is 12.2 Å². The van der Waals surface area contributed by atoms with E-state index in [0.29, 0.717) is 17.7 Å². The van der Waals surface area contributed by atoms with E-state index in [1.54, 1.807) is 16.4 Å². The summed E-state index contributed by atoms with van der Waals surface area (Å²) in [6.45, 7) is 0. The zero-order chi connectivity index (χ0) is 21.6. The Labute approximate surface area is 178 Å². The fourth-order valence-corrected chi connectivity index (χ4v) is 5.57. The Hall–Kier alpha value is -2.30. The second-order valence-corrected chi connectivity index (χ2v) is 8.81. The van der Waals surface area contributed by atoms with Crippen molar-refractivity contribution in [1.82, 2.24) is 10.4 Å². The summed E-state index contributed by atoms with van der Waals surface area (Å²) in [5.74, 6) is -0.610. The van der Waals surface area contributed by atoms with Crippen LogP contribution in [0.4, 0.5) is 23.7 Å². The van der Waals surface area contributed by atoms with Gasteiger partial charge in [-0.05, 0) is 49.1 Å². The molecule has 6 nitrogen and oxygen atoms in total. The number of carbonyl (C=O) groups is 2. The number of anilines is 1. The largest absolute Gasteiger partial charge is 0.417 e. The number of halogens is 4. The molecule has 160 valence electrons. The Morgan fingerprint density at radius 2 is 2.00 bits per heavy atom. The van der Waals surface area contributed by atoms with Crippen molar-refractivity contribution >= 4 is 40.6 Å².